The van der Waals surface area contributed by atoms with Crippen LogP contribution in [0, 0.1) is 5.41 Å². The first-order valence-electron chi connectivity index (χ1n) is 19.0. The number of phosphoric ester groups is 3. The number of amides is 3. The summed E-state index contributed by atoms with van der Waals surface area (Å²) in [7, 11) is -12.4. The molecule has 3 rings (SSSR count). The fourth-order valence-corrected chi connectivity index (χ4v) is 9.01. The van der Waals surface area contributed by atoms with Gasteiger partial charge < -0.3 is 66.4 Å². The predicted molar refractivity (Wildman–Crippen MR) is 221 cm³/mol. The Bertz CT molecular complexity index is 1930. The quantitative estimate of drug-likeness (QED) is 0.0316. The maximum Gasteiger partial charge on any atom is 0.481 e. The Labute approximate surface area is 361 Å². The third-order valence-corrected chi connectivity index (χ3v) is 12.7. The zero-order chi connectivity index (χ0) is 46.3. The van der Waals surface area contributed by atoms with Gasteiger partial charge in [-0.25, -0.2) is 28.6 Å². The van der Waals surface area contributed by atoms with Crippen molar-refractivity contribution in [1.29, 1.82) is 0 Å². The molecular formula is C31H57N10O17P3S. The normalized spacial score (nSPS) is 20.8. The number of nitrogens with two attached hydrogens (primary N) is 1. The lowest BCUT2D eigenvalue weighted by Crippen LogP contribution is -2.46. The number of nitrogens with zero attached hydrogens (tertiary/aromatic N) is 5. The Kier molecular flexibility index (Phi) is 21.2. The van der Waals surface area contributed by atoms with E-state index in [1.165, 1.54) is 25.6 Å². The predicted octanol–water partition coefficient (Wildman–Crippen LogP) is -1.81. The number of thioether (sulfide) groups is 1. The molecule has 0 aromatic carbocycles. The van der Waals surface area contributed by atoms with Gasteiger partial charge in [-0.1, -0.05) is 13.8 Å². The topological polar surface area (TPSA) is 391 Å². The Hall–Kier alpha value is -2.72. The minimum atomic E-state index is -5.57. The number of aliphatic hydroxyl groups is 2. The number of nitrogens with one attached hydrogen (secondary N) is 4. The van der Waals surface area contributed by atoms with Crippen LogP contribution >= 0.6 is 35.2 Å². The summed E-state index contributed by atoms with van der Waals surface area (Å²) in [4.78, 5) is 90.0. The minimum absolute atomic E-state index is 0.0306. The van der Waals surface area contributed by atoms with Crippen molar-refractivity contribution in [2.24, 2.45) is 5.41 Å². The van der Waals surface area contributed by atoms with Crippen LogP contribution in [0.1, 0.15) is 39.3 Å². The zero-order valence-electron chi connectivity index (χ0n) is 34.5. The van der Waals surface area contributed by atoms with Gasteiger partial charge in [0.25, 0.3) is 0 Å². The van der Waals surface area contributed by atoms with E-state index in [1.54, 1.807) is 0 Å². The summed E-state index contributed by atoms with van der Waals surface area (Å²) in [5.74, 6) is -0.837. The molecule has 0 saturated carbocycles. The zero-order valence-corrected chi connectivity index (χ0v) is 38.0. The largest absolute Gasteiger partial charge is 0.481 e. The smallest absolute Gasteiger partial charge is 0.386 e. The summed E-state index contributed by atoms with van der Waals surface area (Å²) in [5.41, 5.74) is 4.27. The third-order valence-electron chi connectivity index (χ3n) is 8.69. The summed E-state index contributed by atoms with van der Waals surface area (Å²) in [6.45, 7) is 3.86. The summed E-state index contributed by atoms with van der Waals surface area (Å²) >= 11 is 1.34. The maximum absolute atomic E-state index is 12.7. The van der Waals surface area contributed by atoms with Crippen LogP contribution in [0.3, 0.4) is 0 Å². The Morgan fingerprint density at radius 1 is 0.968 bits per heavy atom. The number of anilines is 1. The third kappa shape index (κ3) is 18.4. The van der Waals surface area contributed by atoms with E-state index in [0.717, 1.165) is 49.7 Å². The first-order valence-corrected chi connectivity index (χ1v) is 24.7. The van der Waals surface area contributed by atoms with E-state index in [2.05, 4.69) is 50.0 Å². The van der Waals surface area contributed by atoms with Crippen LogP contribution in [-0.4, -0.2) is 174 Å². The molecule has 3 amide bonds. The number of imidazole rings is 1. The van der Waals surface area contributed by atoms with Crippen molar-refractivity contribution in [2.45, 2.75) is 63.8 Å². The number of nitrogen functional groups attached to an aromatic ring is 1. The second-order valence-corrected chi connectivity index (χ2v) is 20.1. The second-order valence-electron chi connectivity index (χ2n) is 14.7. The first-order chi connectivity index (χ1) is 28.9. The van der Waals surface area contributed by atoms with Crippen LogP contribution in [-0.2, 0) is 50.7 Å². The molecule has 2 aromatic rings. The molecule has 27 nitrogen and oxygen atoms in total. The fourth-order valence-electron chi connectivity index (χ4n) is 5.50. The highest BCUT2D eigenvalue weighted by atomic mass is 32.2. The van der Waals surface area contributed by atoms with Crippen molar-refractivity contribution in [3.05, 3.63) is 12.7 Å². The average molecular weight is 967 g/mol. The summed E-state index contributed by atoms with van der Waals surface area (Å²) in [6, 6.07) is 0. The Morgan fingerprint density at radius 2 is 1.65 bits per heavy atom. The molecule has 2 aromatic heterocycles. The van der Waals surface area contributed by atoms with Gasteiger partial charge in [0, 0.05) is 37.2 Å². The number of rotatable bonds is 29. The molecule has 1 aliphatic rings. The van der Waals surface area contributed by atoms with Gasteiger partial charge in [0.2, 0.25) is 17.7 Å². The molecule has 3 heterocycles. The van der Waals surface area contributed by atoms with Gasteiger partial charge in [0.1, 0.15) is 36.3 Å². The molecular weight excluding hydrogens is 909 g/mol. The molecule has 31 heteroatoms. The molecule has 0 radical (unpaired) electrons. The first kappa shape index (κ1) is 53.6. The lowest BCUT2D eigenvalue weighted by Gasteiger charge is -2.30. The number of aliphatic hydroxyl groups excluding tert-OH is 2. The number of aromatic nitrogens is 4. The van der Waals surface area contributed by atoms with E-state index in [9.17, 15) is 57.9 Å². The van der Waals surface area contributed by atoms with Gasteiger partial charge in [-0.15, -0.1) is 0 Å². The number of carbonyl (C=O) groups excluding carboxylic acids is 3. The molecule has 1 aliphatic heterocycles. The van der Waals surface area contributed by atoms with Gasteiger partial charge in [0.15, 0.2) is 17.7 Å². The SMILES string of the molecule is CN(C)CCCNCCCNC(=O)CSCCNC(=O)CCNC(=O)[C@H](O)C(C)(C)COP(=O)(O)OP(=O)(O)OC[C@H]1O[C@@H](n2cnc3c(N)ncnc32)[C@H](O)[C@@H]1OP(=O)(O)O. The Morgan fingerprint density at radius 3 is 2.34 bits per heavy atom. The molecule has 7 atom stereocenters. The highest BCUT2D eigenvalue weighted by molar-refractivity contribution is 7.99. The van der Waals surface area contributed by atoms with Gasteiger partial charge in [-0.2, -0.15) is 16.1 Å². The van der Waals surface area contributed by atoms with Crippen LogP contribution in [0.4, 0.5) is 5.82 Å². The van der Waals surface area contributed by atoms with Gasteiger partial charge in [-0.05, 0) is 46.6 Å². The number of fused-ring (bicyclic) bond motifs is 1. The van der Waals surface area contributed by atoms with Gasteiger partial charge in [-0.3, -0.25) is 32.5 Å². The molecule has 1 saturated heterocycles. The molecule has 62 heavy (non-hydrogen) atoms. The van der Waals surface area contributed by atoms with E-state index < -0.39 is 84.6 Å². The van der Waals surface area contributed by atoms with Crippen LogP contribution in [0.25, 0.3) is 11.2 Å². The van der Waals surface area contributed by atoms with Crippen molar-refractivity contribution in [3.8, 4) is 0 Å². The van der Waals surface area contributed by atoms with Crippen molar-refractivity contribution in [3.63, 3.8) is 0 Å². The number of ether oxygens (including phenoxy) is 1. The minimum Gasteiger partial charge on any atom is -0.386 e. The van der Waals surface area contributed by atoms with Crippen LogP contribution < -0.4 is 27.0 Å². The summed E-state index contributed by atoms with van der Waals surface area (Å²) in [5, 5.41) is 32.7. The Balaban J connectivity index is 1.37. The monoisotopic (exact) mass is 966 g/mol. The van der Waals surface area contributed by atoms with Crippen LogP contribution in [0.15, 0.2) is 12.7 Å². The summed E-state index contributed by atoms with van der Waals surface area (Å²) < 4.78 is 62.3. The van der Waals surface area contributed by atoms with Crippen LogP contribution in [0.2, 0.25) is 0 Å². The highest BCUT2D eigenvalue weighted by Gasteiger charge is 2.50. The number of hydrogen-bond acceptors (Lipinski definition) is 20. The number of hydrogen-bond donors (Lipinski definition) is 11. The molecule has 0 aliphatic carbocycles. The van der Waals surface area contributed by atoms with Crippen LogP contribution in [0.5, 0.6) is 0 Å². The molecule has 2 unspecified atom stereocenters. The summed E-state index contributed by atoms with van der Waals surface area (Å²) in [6.07, 6.45) is -5.05. The number of carbonyl (C=O) groups is 3. The number of phosphoric acid groups is 3. The molecule has 0 spiro atoms. The van der Waals surface area contributed by atoms with E-state index in [4.69, 9.17) is 19.5 Å². The average Bonchev–Trinajstić information content (AvgIpc) is 3.73. The van der Waals surface area contributed by atoms with E-state index in [0.29, 0.717) is 12.3 Å². The van der Waals surface area contributed by atoms with Gasteiger partial charge in [0.05, 0.1) is 25.3 Å². The van der Waals surface area contributed by atoms with E-state index in [1.807, 2.05) is 14.1 Å². The highest BCUT2D eigenvalue weighted by Crippen LogP contribution is 2.61. The lowest BCUT2D eigenvalue weighted by molar-refractivity contribution is -0.137. The van der Waals surface area contributed by atoms with Crippen molar-refractivity contribution in [2.75, 3.05) is 83.8 Å². The maximum atomic E-state index is 12.7. The van der Waals surface area contributed by atoms with Crippen molar-refractivity contribution in [1.82, 2.24) is 45.7 Å². The second kappa shape index (κ2) is 24.5. The van der Waals surface area contributed by atoms with Gasteiger partial charge >= 0.3 is 23.5 Å². The van der Waals surface area contributed by atoms with Crippen molar-refractivity contribution >= 4 is 69.9 Å². The molecule has 0 bridgehead atoms. The van der Waals surface area contributed by atoms with E-state index >= 15 is 0 Å². The molecule has 354 valence electrons. The standard InChI is InChI=1S/C31H57N10O17P3S/c1-31(2,26(45)29(46)36-11-7-21(42)35-12-14-62-16-22(43)34-10-5-8-33-9-6-13-40(3)4)17-55-61(52,53)58-60(50,51)54-15-20-25(57-59(47,48)49)24(44)30(56-20)41-19-39-23-27(32)37-18-38-28(23)41/h18-20,24-26,30,33,44-45H,5-17H2,1-4H3,(H,34,43)(H,35,42)(H,36,46)(H,50,51)(H,52,53)(H2,32,37,38)(H2,47,48,49)/t20-,24-,25-,26+,30-/m1/s1. The van der Waals surface area contributed by atoms with Crippen molar-refractivity contribution < 1.29 is 80.5 Å². The molecule has 12 N–H and O–H groups in total. The fraction of sp³-hybridized carbons (Fsp3) is 0.742. The van der Waals surface area contributed by atoms with E-state index in [-0.39, 0.29) is 48.2 Å². The lowest BCUT2D eigenvalue weighted by atomic mass is 9.87. The molecule has 1 fully saturated rings.